The largest absolute Gasteiger partial charge is 0.461 e. The Morgan fingerprint density at radius 1 is 1.24 bits per heavy atom. The molecule has 0 aliphatic heterocycles. The van der Waals surface area contributed by atoms with E-state index in [1.165, 1.54) is 22.9 Å². The summed E-state index contributed by atoms with van der Waals surface area (Å²) in [4.78, 5) is 24.3. The van der Waals surface area contributed by atoms with E-state index >= 15 is 0 Å². The maximum atomic E-state index is 13.0. The number of Topliss-reactive ketones (excluding diaryl/α,β-unsaturated/α-hetero) is 1. The number of amides is 1. The van der Waals surface area contributed by atoms with Crippen molar-refractivity contribution in [3.8, 4) is 11.6 Å². The number of benzene rings is 1. The predicted molar refractivity (Wildman–Crippen MR) is 110 cm³/mol. The molecular weight excluding hydrogens is 388 g/mol. The fourth-order valence-corrected chi connectivity index (χ4v) is 4.51. The highest BCUT2D eigenvalue weighted by molar-refractivity contribution is 8.00. The van der Waals surface area contributed by atoms with Gasteiger partial charge in [0.1, 0.15) is 0 Å². The van der Waals surface area contributed by atoms with E-state index in [2.05, 4.69) is 16.3 Å². The summed E-state index contributed by atoms with van der Waals surface area (Å²) < 4.78 is 7.21. The van der Waals surface area contributed by atoms with Crippen molar-refractivity contribution >= 4 is 23.5 Å². The number of primary amides is 1. The van der Waals surface area contributed by atoms with Gasteiger partial charge >= 0.3 is 0 Å². The van der Waals surface area contributed by atoms with Crippen LogP contribution in [0.2, 0.25) is 0 Å². The number of furan rings is 1. The third kappa shape index (κ3) is 4.12. The van der Waals surface area contributed by atoms with Gasteiger partial charge in [-0.3, -0.25) is 14.2 Å². The normalized spacial score (nSPS) is 14.0. The van der Waals surface area contributed by atoms with Crippen LogP contribution in [0.1, 0.15) is 41.3 Å². The van der Waals surface area contributed by atoms with Gasteiger partial charge in [0.15, 0.2) is 22.5 Å². The van der Waals surface area contributed by atoms with Gasteiger partial charge in [0.25, 0.3) is 0 Å². The summed E-state index contributed by atoms with van der Waals surface area (Å²) in [5.74, 6) is 0.693. The first-order chi connectivity index (χ1) is 14.0. The molecule has 0 fully saturated rings. The first-order valence-corrected chi connectivity index (χ1v) is 10.5. The van der Waals surface area contributed by atoms with Crippen LogP contribution in [0.25, 0.3) is 11.6 Å². The lowest BCUT2D eigenvalue weighted by atomic mass is 10.0. The molecular formula is C21H22N4O3S. The van der Waals surface area contributed by atoms with Crippen LogP contribution in [0.15, 0.2) is 46.2 Å². The summed E-state index contributed by atoms with van der Waals surface area (Å²) in [6.07, 6.45) is 4.97. The number of aromatic nitrogens is 3. The van der Waals surface area contributed by atoms with Crippen LogP contribution in [-0.4, -0.2) is 31.7 Å². The van der Waals surface area contributed by atoms with Crippen LogP contribution in [0.5, 0.6) is 0 Å². The molecule has 2 N–H and O–H groups in total. The van der Waals surface area contributed by atoms with Crippen molar-refractivity contribution in [2.75, 3.05) is 0 Å². The molecule has 1 atom stereocenters. The number of rotatable bonds is 8. The van der Waals surface area contributed by atoms with Crippen LogP contribution in [0.4, 0.5) is 0 Å². The Kier molecular flexibility index (Phi) is 5.53. The van der Waals surface area contributed by atoms with Crippen LogP contribution in [0.3, 0.4) is 0 Å². The molecule has 0 saturated carbocycles. The minimum atomic E-state index is -0.415. The van der Waals surface area contributed by atoms with Gasteiger partial charge in [0.05, 0.1) is 11.5 Å². The number of carbonyl (C=O) groups excluding carboxylic acids is 2. The van der Waals surface area contributed by atoms with E-state index in [9.17, 15) is 9.59 Å². The van der Waals surface area contributed by atoms with Crippen LogP contribution >= 0.6 is 11.8 Å². The number of nitrogens with zero attached hydrogens (tertiary/aromatic N) is 3. The molecule has 1 unspecified atom stereocenters. The SMILES string of the molecule is CC(Sc1nnc(-c2ccco2)n1CCC(N)=O)C(=O)c1ccc2c(c1)CCC2. The Morgan fingerprint density at radius 2 is 2.07 bits per heavy atom. The lowest BCUT2D eigenvalue weighted by Crippen LogP contribution is -2.17. The van der Waals surface area contributed by atoms with Crippen molar-refractivity contribution in [3.05, 3.63) is 53.3 Å². The topological polar surface area (TPSA) is 104 Å². The molecule has 0 saturated heterocycles. The summed E-state index contributed by atoms with van der Waals surface area (Å²) >= 11 is 1.32. The Labute approximate surface area is 172 Å². The van der Waals surface area contributed by atoms with E-state index in [1.807, 2.05) is 19.1 Å². The Bertz CT molecular complexity index is 1040. The number of thioether (sulfide) groups is 1. The van der Waals surface area contributed by atoms with Crippen LogP contribution in [-0.2, 0) is 24.2 Å². The molecule has 8 heteroatoms. The monoisotopic (exact) mass is 410 g/mol. The number of aryl methyl sites for hydroxylation is 2. The van der Waals surface area contributed by atoms with Gasteiger partial charge in [0, 0.05) is 18.5 Å². The maximum Gasteiger partial charge on any atom is 0.219 e. The number of hydrogen-bond donors (Lipinski definition) is 1. The van der Waals surface area contributed by atoms with E-state index in [0.29, 0.717) is 23.3 Å². The van der Waals surface area contributed by atoms with Crippen molar-refractivity contribution < 1.29 is 14.0 Å². The highest BCUT2D eigenvalue weighted by Crippen LogP contribution is 2.30. The van der Waals surface area contributed by atoms with E-state index in [-0.39, 0.29) is 17.5 Å². The predicted octanol–water partition coefficient (Wildman–Crippen LogP) is 3.27. The Morgan fingerprint density at radius 3 is 2.83 bits per heavy atom. The highest BCUT2D eigenvalue weighted by Gasteiger charge is 2.24. The zero-order valence-electron chi connectivity index (χ0n) is 16.1. The third-order valence-electron chi connectivity index (χ3n) is 5.07. The minimum absolute atomic E-state index is 0.0497. The van der Waals surface area contributed by atoms with Gasteiger partial charge in [-0.1, -0.05) is 23.9 Å². The van der Waals surface area contributed by atoms with Crippen molar-refractivity contribution in [3.63, 3.8) is 0 Å². The molecule has 0 bridgehead atoms. The van der Waals surface area contributed by atoms with Gasteiger partial charge in [-0.15, -0.1) is 10.2 Å². The van der Waals surface area contributed by atoms with Gasteiger partial charge < -0.3 is 10.2 Å². The number of fused-ring (bicyclic) bond motifs is 1. The molecule has 3 aromatic rings. The number of carbonyl (C=O) groups is 2. The minimum Gasteiger partial charge on any atom is -0.461 e. The lowest BCUT2D eigenvalue weighted by Gasteiger charge is -2.13. The average Bonchev–Trinajstić information content (AvgIpc) is 3.45. The zero-order chi connectivity index (χ0) is 20.4. The van der Waals surface area contributed by atoms with Crippen molar-refractivity contribution in [1.82, 2.24) is 14.8 Å². The number of hydrogen-bond acceptors (Lipinski definition) is 6. The molecule has 0 radical (unpaired) electrons. The molecule has 4 rings (SSSR count). The van der Waals surface area contributed by atoms with Crippen LogP contribution < -0.4 is 5.73 Å². The quantitative estimate of drug-likeness (QED) is 0.451. The van der Waals surface area contributed by atoms with Gasteiger partial charge in [0.2, 0.25) is 5.91 Å². The molecule has 150 valence electrons. The molecule has 1 aliphatic rings. The number of ketones is 1. The van der Waals surface area contributed by atoms with Crippen molar-refractivity contribution in [1.29, 1.82) is 0 Å². The second-order valence-electron chi connectivity index (χ2n) is 7.11. The van der Waals surface area contributed by atoms with E-state index in [4.69, 9.17) is 10.2 Å². The Balaban J connectivity index is 1.56. The molecule has 2 aromatic heterocycles. The fraction of sp³-hybridized carbons (Fsp3) is 0.333. The smallest absolute Gasteiger partial charge is 0.219 e. The molecule has 0 spiro atoms. The molecule has 2 heterocycles. The summed E-state index contributed by atoms with van der Waals surface area (Å²) in [5.41, 5.74) is 8.66. The molecule has 7 nitrogen and oxygen atoms in total. The van der Waals surface area contributed by atoms with E-state index < -0.39 is 5.91 Å². The third-order valence-corrected chi connectivity index (χ3v) is 6.16. The second-order valence-corrected chi connectivity index (χ2v) is 8.42. The fourth-order valence-electron chi connectivity index (χ4n) is 3.56. The highest BCUT2D eigenvalue weighted by atomic mass is 32.2. The summed E-state index contributed by atoms with van der Waals surface area (Å²) in [5, 5.41) is 8.64. The standard InChI is InChI=1S/C21H22N4O3S/c1-13(19(27)16-8-7-14-4-2-5-15(14)12-16)29-21-24-23-20(17-6-3-11-28-17)25(21)10-9-18(22)26/h3,6-8,11-13H,2,4-5,9-10H2,1H3,(H2,22,26). The summed E-state index contributed by atoms with van der Waals surface area (Å²) in [6.45, 7) is 2.18. The van der Waals surface area contributed by atoms with E-state index in [0.717, 1.165) is 24.8 Å². The molecule has 1 aromatic carbocycles. The Hall–Kier alpha value is -2.87. The maximum absolute atomic E-state index is 13.0. The summed E-state index contributed by atoms with van der Waals surface area (Å²) in [7, 11) is 0. The van der Waals surface area contributed by atoms with Crippen LogP contribution in [0, 0.1) is 0 Å². The molecule has 29 heavy (non-hydrogen) atoms. The van der Waals surface area contributed by atoms with Gasteiger partial charge in [-0.05, 0) is 55.5 Å². The van der Waals surface area contributed by atoms with Crippen molar-refractivity contribution in [2.45, 2.75) is 49.6 Å². The van der Waals surface area contributed by atoms with Gasteiger partial charge in [-0.2, -0.15) is 0 Å². The first kappa shape index (κ1) is 19.4. The summed E-state index contributed by atoms with van der Waals surface area (Å²) in [6, 6.07) is 9.54. The second kappa shape index (κ2) is 8.24. The lowest BCUT2D eigenvalue weighted by molar-refractivity contribution is -0.118. The van der Waals surface area contributed by atoms with E-state index in [1.54, 1.807) is 23.0 Å². The molecule has 1 aliphatic carbocycles. The number of nitrogens with two attached hydrogens (primary N) is 1. The van der Waals surface area contributed by atoms with Gasteiger partial charge in [-0.25, -0.2) is 0 Å². The first-order valence-electron chi connectivity index (χ1n) is 9.61. The van der Waals surface area contributed by atoms with Crippen molar-refractivity contribution in [2.24, 2.45) is 5.73 Å². The average molecular weight is 410 g/mol. The zero-order valence-corrected chi connectivity index (χ0v) is 16.9. The molecule has 1 amide bonds.